The summed E-state index contributed by atoms with van der Waals surface area (Å²) in [6, 6.07) is 18.6. The Kier molecular flexibility index (Phi) is 6.99. The van der Waals surface area contributed by atoms with Gasteiger partial charge in [-0.2, -0.15) is 0 Å². The number of aryl methyl sites for hydroxylation is 1. The summed E-state index contributed by atoms with van der Waals surface area (Å²) < 4.78 is 6.07. The molecule has 4 rings (SSSR count). The largest absolute Gasteiger partial charge is 0.487 e. The number of hydrogen-bond acceptors (Lipinski definition) is 5. The number of benzene rings is 1. The zero-order valence-electron chi connectivity index (χ0n) is 18.1. The van der Waals surface area contributed by atoms with Crippen LogP contribution in [0.25, 0.3) is 0 Å². The number of piperidine rings is 1. The van der Waals surface area contributed by atoms with Crippen LogP contribution in [0.4, 0.5) is 0 Å². The van der Waals surface area contributed by atoms with E-state index < -0.39 is 0 Å². The van der Waals surface area contributed by atoms with Crippen molar-refractivity contribution in [1.29, 1.82) is 0 Å². The van der Waals surface area contributed by atoms with E-state index in [4.69, 9.17) is 4.74 Å². The summed E-state index contributed by atoms with van der Waals surface area (Å²) in [5, 5.41) is 3.74. The molecule has 2 aromatic heterocycles. The molecule has 1 aromatic carbocycles. The average Bonchev–Trinajstić information content (AvgIpc) is 3.23. The first-order chi connectivity index (χ1) is 15.1. The normalized spacial score (nSPS) is 18.7. The SMILES string of the molecule is CC(=O)N1CCC[C@@H](NCc2ccccc2OCc2ccccn2)[C@@H]1c1ccc(C)s1. The van der Waals surface area contributed by atoms with Crippen molar-refractivity contribution in [2.75, 3.05) is 6.54 Å². The quantitative estimate of drug-likeness (QED) is 0.575. The van der Waals surface area contributed by atoms with E-state index in [1.165, 1.54) is 9.75 Å². The van der Waals surface area contributed by atoms with Gasteiger partial charge in [-0.25, -0.2) is 0 Å². The number of rotatable bonds is 7. The van der Waals surface area contributed by atoms with Crippen LogP contribution in [0, 0.1) is 6.92 Å². The van der Waals surface area contributed by atoms with Crippen molar-refractivity contribution in [3.05, 3.63) is 81.8 Å². The number of carbonyl (C=O) groups excluding carboxylic acids is 1. The minimum absolute atomic E-state index is 0.0755. The molecule has 1 aliphatic rings. The minimum atomic E-state index is 0.0755. The first-order valence-electron chi connectivity index (χ1n) is 10.8. The van der Waals surface area contributed by atoms with E-state index in [0.717, 1.165) is 36.4 Å². The Morgan fingerprint density at radius 1 is 1.19 bits per heavy atom. The molecule has 31 heavy (non-hydrogen) atoms. The van der Waals surface area contributed by atoms with Gasteiger partial charge in [-0.05, 0) is 50.1 Å². The van der Waals surface area contributed by atoms with E-state index in [0.29, 0.717) is 13.2 Å². The molecule has 1 aliphatic heterocycles. The zero-order chi connectivity index (χ0) is 21.6. The van der Waals surface area contributed by atoms with Crippen molar-refractivity contribution in [2.24, 2.45) is 0 Å². The minimum Gasteiger partial charge on any atom is -0.487 e. The van der Waals surface area contributed by atoms with Crippen molar-refractivity contribution in [2.45, 2.75) is 51.9 Å². The third-order valence-corrected chi connectivity index (χ3v) is 6.79. The smallest absolute Gasteiger partial charge is 0.220 e. The van der Waals surface area contributed by atoms with Crippen molar-refractivity contribution < 1.29 is 9.53 Å². The number of amides is 1. The lowest BCUT2D eigenvalue weighted by molar-refractivity contribution is -0.133. The van der Waals surface area contributed by atoms with Crippen LogP contribution in [0.1, 0.15) is 46.8 Å². The van der Waals surface area contributed by atoms with Crippen molar-refractivity contribution >= 4 is 17.2 Å². The summed E-state index contributed by atoms with van der Waals surface area (Å²) in [7, 11) is 0. The predicted octanol–water partition coefficient (Wildman–Crippen LogP) is 4.87. The molecular weight excluding hydrogens is 406 g/mol. The summed E-state index contributed by atoms with van der Waals surface area (Å²) in [6.07, 6.45) is 3.83. The Morgan fingerprint density at radius 3 is 2.77 bits per heavy atom. The van der Waals surface area contributed by atoms with Crippen LogP contribution >= 0.6 is 11.3 Å². The van der Waals surface area contributed by atoms with Gasteiger partial charge < -0.3 is 15.0 Å². The molecule has 3 heterocycles. The van der Waals surface area contributed by atoms with E-state index in [9.17, 15) is 4.79 Å². The van der Waals surface area contributed by atoms with Crippen LogP contribution < -0.4 is 10.1 Å². The number of para-hydroxylation sites is 1. The molecule has 0 radical (unpaired) electrons. The standard InChI is InChI=1S/C25H29N3O2S/c1-18-12-13-24(31-18)25-22(10-7-15-28(25)19(2)29)27-16-20-8-3-4-11-23(20)30-17-21-9-5-6-14-26-21/h3-6,8-9,11-14,22,25,27H,7,10,15-17H2,1-2H3/t22-,25-/m1/s1. The number of ether oxygens (including phenoxy) is 1. The van der Waals surface area contributed by atoms with Crippen molar-refractivity contribution in [1.82, 2.24) is 15.2 Å². The number of aromatic nitrogens is 1. The molecule has 1 fully saturated rings. The van der Waals surface area contributed by atoms with Gasteiger partial charge in [0.25, 0.3) is 0 Å². The van der Waals surface area contributed by atoms with Crippen LogP contribution in [-0.4, -0.2) is 28.4 Å². The maximum absolute atomic E-state index is 12.4. The molecule has 0 aliphatic carbocycles. The van der Waals surface area contributed by atoms with E-state index in [1.807, 2.05) is 41.3 Å². The van der Waals surface area contributed by atoms with E-state index >= 15 is 0 Å². The summed E-state index contributed by atoms with van der Waals surface area (Å²) in [4.78, 5) is 21.2. The molecule has 1 saturated heterocycles. The molecule has 6 heteroatoms. The Hall–Kier alpha value is -2.70. The Labute approximate surface area is 188 Å². The van der Waals surface area contributed by atoms with Gasteiger partial charge in [0.05, 0.1) is 11.7 Å². The second-order valence-corrected chi connectivity index (χ2v) is 9.27. The van der Waals surface area contributed by atoms with Gasteiger partial charge >= 0.3 is 0 Å². The highest BCUT2D eigenvalue weighted by Gasteiger charge is 2.34. The highest BCUT2D eigenvalue weighted by atomic mass is 32.1. The van der Waals surface area contributed by atoms with Crippen LogP contribution in [0.3, 0.4) is 0 Å². The zero-order valence-corrected chi connectivity index (χ0v) is 18.9. The molecule has 3 aromatic rings. The molecule has 1 amide bonds. The molecule has 5 nitrogen and oxygen atoms in total. The topological polar surface area (TPSA) is 54.5 Å². The fraction of sp³-hybridized carbons (Fsp3) is 0.360. The number of hydrogen-bond donors (Lipinski definition) is 1. The molecule has 0 unspecified atom stereocenters. The molecule has 162 valence electrons. The van der Waals surface area contributed by atoms with E-state index in [-0.39, 0.29) is 18.0 Å². The summed E-state index contributed by atoms with van der Waals surface area (Å²) in [5.74, 6) is 1.00. The van der Waals surface area contributed by atoms with E-state index in [2.05, 4.69) is 35.4 Å². The summed E-state index contributed by atoms with van der Waals surface area (Å²) >= 11 is 1.78. The predicted molar refractivity (Wildman–Crippen MR) is 124 cm³/mol. The number of carbonyl (C=O) groups is 1. The second kappa shape index (κ2) is 10.1. The van der Waals surface area contributed by atoms with Gasteiger partial charge in [0.1, 0.15) is 12.4 Å². The summed E-state index contributed by atoms with van der Waals surface area (Å²) in [5.41, 5.74) is 2.02. The number of likely N-dealkylation sites (tertiary alicyclic amines) is 1. The van der Waals surface area contributed by atoms with Crippen LogP contribution in [0.15, 0.2) is 60.8 Å². The summed E-state index contributed by atoms with van der Waals surface area (Å²) in [6.45, 7) is 5.74. The van der Waals surface area contributed by atoms with Gasteiger partial charge in [-0.3, -0.25) is 9.78 Å². The highest BCUT2D eigenvalue weighted by molar-refractivity contribution is 7.12. The lowest BCUT2D eigenvalue weighted by Crippen LogP contribution is -2.49. The lowest BCUT2D eigenvalue weighted by atomic mass is 9.94. The molecular formula is C25H29N3O2S. The van der Waals surface area contributed by atoms with Gasteiger partial charge in [0, 0.05) is 47.6 Å². The third-order valence-electron chi connectivity index (χ3n) is 5.72. The molecule has 1 N–H and O–H groups in total. The Morgan fingerprint density at radius 2 is 2.03 bits per heavy atom. The highest BCUT2D eigenvalue weighted by Crippen LogP contribution is 2.35. The number of nitrogens with zero attached hydrogens (tertiary/aromatic N) is 2. The van der Waals surface area contributed by atoms with Crippen LogP contribution in [0.5, 0.6) is 5.75 Å². The molecule has 0 bridgehead atoms. The van der Waals surface area contributed by atoms with Gasteiger partial charge in [-0.1, -0.05) is 24.3 Å². The fourth-order valence-corrected chi connectivity index (χ4v) is 5.25. The number of nitrogens with one attached hydrogen (secondary N) is 1. The first kappa shape index (κ1) is 21.5. The molecule has 0 saturated carbocycles. The second-order valence-electron chi connectivity index (χ2n) is 7.95. The lowest BCUT2D eigenvalue weighted by Gasteiger charge is -2.41. The van der Waals surface area contributed by atoms with Crippen LogP contribution in [0.2, 0.25) is 0 Å². The number of thiophene rings is 1. The van der Waals surface area contributed by atoms with E-state index in [1.54, 1.807) is 24.5 Å². The average molecular weight is 436 g/mol. The molecule has 0 spiro atoms. The van der Waals surface area contributed by atoms with Gasteiger partial charge in [-0.15, -0.1) is 11.3 Å². The monoisotopic (exact) mass is 435 g/mol. The Bertz CT molecular complexity index is 1000. The van der Waals surface area contributed by atoms with Crippen molar-refractivity contribution in [3.63, 3.8) is 0 Å². The number of pyridine rings is 1. The maximum Gasteiger partial charge on any atom is 0.220 e. The van der Waals surface area contributed by atoms with Crippen molar-refractivity contribution in [3.8, 4) is 5.75 Å². The molecule has 2 atom stereocenters. The maximum atomic E-state index is 12.4. The third kappa shape index (κ3) is 5.32. The van der Waals surface area contributed by atoms with Gasteiger partial charge in [0.2, 0.25) is 5.91 Å². The first-order valence-corrected chi connectivity index (χ1v) is 11.6. The Balaban J connectivity index is 1.48. The fourth-order valence-electron chi connectivity index (χ4n) is 4.19. The van der Waals surface area contributed by atoms with Crippen LogP contribution in [-0.2, 0) is 17.9 Å². The van der Waals surface area contributed by atoms with Gasteiger partial charge in [0.15, 0.2) is 0 Å².